The van der Waals surface area contributed by atoms with Crippen LogP contribution < -0.4 is 0 Å². The highest BCUT2D eigenvalue weighted by molar-refractivity contribution is 9.09. The molecule has 4 fully saturated rings. The Morgan fingerprint density at radius 1 is 1.14 bits per heavy atom. The number of ether oxygens (including phenoxy) is 2. The van der Waals surface area contributed by atoms with Gasteiger partial charge in [-0.05, 0) is 57.3 Å². The molecule has 1 saturated heterocycles. The molecule has 8 unspecified atom stereocenters. The number of hydrogen-bond acceptors (Lipinski definition) is 5. The van der Waals surface area contributed by atoms with Gasteiger partial charge in [-0.2, -0.15) is 0 Å². The topological polar surface area (TPSA) is 72.8 Å². The summed E-state index contributed by atoms with van der Waals surface area (Å²) in [6.07, 6.45) is 4.47. The molecule has 1 N–H and O–H groups in total. The van der Waals surface area contributed by atoms with E-state index in [1.54, 1.807) is 0 Å². The van der Waals surface area contributed by atoms with Crippen LogP contribution in [0.1, 0.15) is 72.6 Å². The van der Waals surface area contributed by atoms with Gasteiger partial charge in [0.1, 0.15) is 17.3 Å². The molecule has 3 saturated carbocycles. The van der Waals surface area contributed by atoms with Crippen molar-refractivity contribution in [2.24, 2.45) is 22.7 Å². The lowest BCUT2D eigenvalue weighted by atomic mass is 9.58. The Bertz CT molecular complexity index is 726. The normalized spacial score (nSPS) is 49.3. The number of esters is 2. The van der Waals surface area contributed by atoms with Gasteiger partial charge in [0.05, 0.1) is 5.41 Å². The number of alkyl halides is 2. The van der Waals surface area contributed by atoms with Gasteiger partial charge in [-0.3, -0.25) is 9.59 Å². The molecule has 7 heteroatoms. The van der Waals surface area contributed by atoms with E-state index in [9.17, 15) is 14.7 Å². The minimum absolute atomic E-state index is 0.0567. The van der Waals surface area contributed by atoms with Crippen molar-refractivity contribution < 1.29 is 24.2 Å². The molecule has 0 spiro atoms. The maximum atomic E-state index is 13.0. The number of carbonyl (C=O) groups excluding carboxylic acids is 2. The number of carbonyl (C=O) groups is 2. The van der Waals surface area contributed by atoms with Crippen LogP contribution in [0.4, 0.5) is 0 Å². The molecule has 2 bridgehead atoms. The van der Waals surface area contributed by atoms with E-state index in [1.165, 1.54) is 6.92 Å². The summed E-state index contributed by atoms with van der Waals surface area (Å²) in [5.74, 6) is -0.647. The summed E-state index contributed by atoms with van der Waals surface area (Å²) in [5.41, 5.74) is -2.36. The van der Waals surface area contributed by atoms with Gasteiger partial charge >= 0.3 is 11.9 Å². The number of hydrogen-bond donors (Lipinski definition) is 1. The Balaban J connectivity index is 1.74. The van der Waals surface area contributed by atoms with E-state index in [1.807, 2.05) is 6.92 Å². The Labute approximate surface area is 189 Å². The van der Waals surface area contributed by atoms with Gasteiger partial charge in [-0.25, -0.2) is 0 Å². The molecule has 0 radical (unpaired) electrons. The largest absolute Gasteiger partial charge is 0.459 e. The van der Waals surface area contributed by atoms with E-state index in [4.69, 9.17) is 9.47 Å². The Morgan fingerprint density at radius 3 is 2.41 bits per heavy atom. The summed E-state index contributed by atoms with van der Waals surface area (Å²) in [7, 11) is 0. The summed E-state index contributed by atoms with van der Waals surface area (Å²) < 4.78 is 11.9. The smallest absolute Gasteiger partial charge is 0.314 e. The van der Waals surface area contributed by atoms with Crippen LogP contribution in [0, 0.1) is 22.7 Å². The molecule has 29 heavy (non-hydrogen) atoms. The molecule has 164 valence electrons. The van der Waals surface area contributed by atoms with Crippen molar-refractivity contribution in [3.63, 3.8) is 0 Å². The van der Waals surface area contributed by atoms with Crippen molar-refractivity contribution in [3.05, 3.63) is 0 Å². The third-order valence-corrected chi connectivity index (χ3v) is 11.3. The molecular formula is C22H32Br2O5. The highest BCUT2D eigenvalue weighted by Crippen LogP contribution is 2.68. The van der Waals surface area contributed by atoms with Crippen LogP contribution in [0.3, 0.4) is 0 Å². The molecule has 1 aliphatic heterocycles. The summed E-state index contributed by atoms with van der Waals surface area (Å²) in [6, 6.07) is 0. The number of rotatable bonds is 3. The van der Waals surface area contributed by atoms with Gasteiger partial charge in [-0.1, -0.05) is 45.7 Å². The van der Waals surface area contributed by atoms with E-state index < -0.39 is 22.7 Å². The first kappa shape index (κ1) is 22.1. The number of aliphatic hydroxyl groups is 1. The second-order valence-electron chi connectivity index (χ2n) is 10.7. The summed E-state index contributed by atoms with van der Waals surface area (Å²) in [5, 5.41) is 11.9. The third-order valence-electron chi connectivity index (χ3n) is 8.34. The first-order valence-corrected chi connectivity index (χ1v) is 12.6. The zero-order valence-electron chi connectivity index (χ0n) is 17.7. The second-order valence-corrected chi connectivity index (χ2v) is 12.9. The SMILES string of the molecule is CC(=O)OC(C1CCC23C(=O)OC(C)(CCC2Br)C13)C1(O)CCC(Br)C(C)(C)C1. The lowest BCUT2D eigenvalue weighted by Gasteiger charge is -2.51. The summed E-state index contributed by atoms with van der Waals surface area (Å²) in [4.78, 5) is 25.5. The van der Waals surface area contributed by atoms with Crippen LogP contribution in [0.25, 0.3) is 0 Å². The molecule has 8 atom stereocenters. The molecule has 3 aliphatic carbocycles. The number of halogens is 2. The van der Waals surface area contributed by atoms with E-state index in [0.717, 1.165) is 25.7 Å². The van der Waals surface area contributed by atoms with Crippen LogP contribution in [-0.2, 0) is 19.1 Å². The lowest BCUT2D eigenvalue weighted by molar-refractivity contribution is -0.191. The molecule has 0 aromatic carbocycles. The van der Waals surface area contributed by atoms with Crippen molar-refractivity contribution in [1.82, 2.24) is 0 Å². The van der Waals surface area contributed by atoms with Gasteiger partial charge in [-0.15, -0.1) is 0 Å². The maximum absolute atomic E-state index is 13.0. The molecule has 5 nitrogen and oxygen atoms in total. The van der Waals surface area contributed by atoms with Gasteiger partial charge in [0.15, 0.2) is 0 Å². The van der Waals surface area contributed by atoms with Crippen LogP contribution in [0.15, 0.2) is 0 Å². The zero-order valence-corrected chi connectivity index (χ0v) is 20.8. The minimum atomic E-state index is -1.10. The Hall–Kier alpha value is -0.140. The van der Waals surface area contributed by atoms with Gasteiger partial charge in [0, 0.05) is 28.4 Å². The Morgan fingerprint density at radius 2 is 1.79 bits per heavy atom. The van der Waals surface area contributed by atoms with E-state index in [2.05, 4.69) is 45.7 Å². The fourth-order valence-electron chi connectivity index (χ4n) is 7.16. The second kappa shape index (κ2) is 6.93. The molecule has 0 aromatic heterocycles. The average molecular weight is 536 g/mol. The van der Waals surface area contributed by atoms with Gasteiger partial charge in [0.25, 0.3) is 0 Å². The van der Waals surface area contributed by atoms with E-state index in [0.29, 0.717) is 24.1 Å². The average Bonchev–Trinajstić information content (AvgIpc) is 3.09. The molecule has 1 heterocycles. The molecule has 0 aromatic rings. The first-order chi connectivity index (χ1) is 13.4. The van der Waals surface area contributed by atoms with E-state index >= 15 is 0 Å². The standard InChI is InChI=1S/C22H32Br2O5/c1-12(25)28-17(21(27)9-7-14(23)19(2,3)11-21)13-5-10-22-15(24)6-8-20(4,16(13)22)29-18(22)26/h13-17,27H,5-11H2,1-4H3. The monoisotopic (exact) mass is 534 g/mol. The van der Waals surface area contributed by atoms with Gasteiger partial charge < -0.3 is 14.6 Å². The highest BCUT2D eigenvalue weighted by Gasteiger charge is 2.74. The predicted molar refractivity (Wildman–Crippen MR) is 116 cm³/mol. The molecular weight excluding hydrogens is 504 g/mol. The fraction of sp³-hybridized carbons (Fsp3) is 0.909. The molecule has 4 rings (SSSR count). The maximum Gasteiger partial charge on any atom is 0.314 e. The quantitative estimate of drug-likeness (QED) is 0.425. The zero-order chi connectivity index (χ0) is 21.4. The van der Waals surface area contributed by atoms with Crippen LogP contribution in [-0.4, -0.2) is 44.0 Å². The highest BCUT2D eigenvalue weighted by atomic mass is 79.9. The lowest BCUT2D eigenvalue weighted by Crippen LogP contribution is -2.59. The van der Waals surface area contributed by atoms with E-state index in [-0.39, 0.29) is 34.0 Å². The molecule has 0 amide bonds. The van der Waals surface area contributed by atoms with Crippen molar-refractivity contribution >= 4 is 43.8 Å². The summed E-state index contributed by atoms with van der Waals surface area (Å²) in [6.45, 7) is 7.73. The van der Waals surface area contributed by atoms with Crippen LogP contribution >= 0.6 is 31.9 Å². The summed E-state index contributed by atoms with van der Waals surface area (Å²) >= 11 is 7.55. The van der Waals surface area contributed by atoms with Crippen LogP contribution in [0.2, 0.25) is 0 Å². The van der Waals surface area contributed by atoms with Crippen molar-refractivity contribution in [2.45, 2.75) is 99.6 Å². The van der Waals surface area contributed by atoms with Crippen molar-refractivity contribution in [2.75, 3.05) is 0 Å². The van der Waals surface area contributed by atoms with Crippen molar-refractivity contribution in [1.29, 1.82) is 0 Å². The first-order valence-electron chi connectivity index (χ1n) is 10.8. The predicted octanol–water partition coefficient (Wildman–Crippen LogP) is 4.51. The fourth-order valence-corrected chi connectivity index (χ4v) is 8.48. The third kappa shape index (κ3) is 3.15. The minimum Gasteiger partial charge on any atom is -0.459 e. The van der Waals surface area contributed by atoms with Crippen LogP contribution in [0.5, 0.6) is 0 Å². The van der Waals surface area contributed by atoms with Crippen molar-refractivity contribution in [3.8, 4) is 0 Å². The molecule has 4 aliphatic rings. The Kier molecular flexibility index (Phi) is 5.27. The van der Waals surface area contributed by atoms with Gasteiger partial charge in [0.2, 0.25) is 0 Å².